The third kappa shape index (κ3) is 3.32. The standard InChI is InChI=1S/C25H28O2/c1-24(2,3)25(19-9-7-6-8-10-19,20-11-15-22(26-4)16-12-20)21-13-17-23(27-5)18-14-21/h6-18H,1-5H3. The molecule has 0 aliphatic carbocycles. The van der Waals surface area contributed by atoms with E-state index in [1.165, 1.54) is 16.7 Å². The molecule has 3 aromatic carbocycles. The van der Waals surface area contributed by atoms with Gasteiger partial charge >= 0.3 is 0 Å². The van der Waals surface area contributed by atoms with E-state index in [1.54, 1.807) is 14.2 Å². The molecule has 0 radical (unpaired) electrons. The van der Waals surface area contributed by atoms with E-state index >= 15 is 0 Å². The Bertz CT molecular complexity index is 809. The number of rotatable bonds is 5. The number of ether oxygens (including phenoxy) is 2. The SMILES string of the molecule is COc1ccc(C(c2ccccc2)(c2ccc(OC)cc2)C(C)(C)C)cc1. The zero-order chi connectivity index (χ0) is 19.5. The third-order valence-electron chi connectivity index (χ3n) is 5.38. The van der Waals surface area contributed by atoms with Crippen LogP contribution in [0.2, 0.25) is 0 Å². The first-order valence-corrected chi connectivity index (χ1v) is 9.28. The normalized spacial score (nSPS) is 11.9. The molecule has 0 unspecified atom stereocenters. The van der Waals surface area contributed by atoms with E-state index in [0.29, 0.717) is 0 Å². The Morgan fingerprint density at radius 3 is 1.22 bits per heavy atom. The highest BCUT2D eigenvalue weighted by Gasteiger charge is 2.46. The maximum Gasteiger partial charge on any atom is 0.118 e. The van der Waals surface area contributed by atoms with Crippen LogP contribution in [0.15, 0.2) is 78.9 Å². The van der Waals surface area contributed by atoms with E-state index in [2.05, 4.69) is 75.4 Å². The predicted octanol–water partition coefficient (Wildman–Crippen LogP) is 6.08. The Morgan fingerprint density at radius 2 is 0.889 bits per heavy atom. The summed E-state index contributed by atoms with van der Waals surface area (Å²) < 4.78 is 10.8. The van der Waals surface area contributed by atoms with Gasteiger partial charge in [0.15, 0.2) is 0 Å². The summed E-state index contributed by atoms with van der Waals surface area (Å²) >= 11 is 0. The molecule has 0 bridgehead atoms. The van der Waals surface area contributed by atoms with Crippen LogP contribution in [-0.4, -0.2) is 14.2 Å². The molecule has 0 aromatic heterocycles. The van der Waals surface area contributed by atoms with E-state index in [0.717, 1.165) is 11.5 Å². The van der Waals surface area contributed by atoms with Gasteiger partial charge in [-0.05, 0) is 46.4 Å². The molecule has 27 heavy (non-hydrogen) atoms. The van der Waals surface area contributed by atoms with E-state index in [4.69, 9.17) is 9.47 Å². The summed E-state index contributed by atoms with van der Waals surface area (Å²) in [5, 5.41) is 0. The molecular formula is C25H28O2. The second-order valence-corrected chi connectivity index (χ2v) is 7.82. The average Bonchev–Trinajstić information content (AvgIpc) is 2.69. The van der Waals surface area contributed by atoms with Gasteiger partial charge in [0.2, 0.25) is 0 Å². The van der Waals surface area contributed by atoms with Crippen LogP contribution in [0.1, 0.15) is 37.5 Å². The molecule has 2 heteroatoms. The molecule has 3 aromatic rings. The maximum absolute atomic E-state index is 5.39. The number of benzene rings is 3. The molecule has 140 valence electrons. The zero-order valence-electron chi connectivity index (χ0n) is 16.8. The molecule has 3 rings (SSSR count). The van der Waals surface area contributed by atoms with Gasteiger partial charge in [-0.15, -0.1) is 0 Å². The van der Waals surface area contributed by atoms with E-state index < -0.39 is 0 Å². The van der Waals surface area contributed by atoms with Crippen molar-refractivity contribution in [2.45, 2.75) is 26.2 Å². The lowest BCUT2D eigenvalue weighted by Crippen LogP contribution is -2.42. The van der Waals surface area contributed by atoms with Crippen LogP contribution in [0, 0.1) is 5.41 Å². The molecule has 0 saturated carbocycles. The molecule has 0 aliphatic heterocycles. The molecule has 0 N–H and O–H groups in total. The number of methoxy groups -OCH3 is 2. The molecular weight excluding hydrogens is 332 g/mol. The lowest BCUT2D eigenvalue weighted by molar-refractivity contribution is 0.271. The lowest BCUT2D eigenvalue weighted by Gasteiger charge is -2.47. The van der Waals surface area contributed by atoms with Gasteiger partial charge in [-0.3, -0.25) is 0 Å². The quantitative estimate of drug-likeness (QED) is 0.513. The first kappa shape index (κ1) is 19.0. The summed E-state index contributed by atoms with van der Waals surface area (Å²) in [6.07, 6.45) is 0. The maximum atomic E-state index is 5.39. The van der Waals surface area contributed by atoms with Crippen LogP contribution >= 0.6 is 0 Å². The van der Waals surface area contributed by atoms with Crippen molar-refractivity contribution >= 4 is 0 Å². The Labute approximate surface area is 162 Å². The van der Waals surface area contributed by atoms with Gasteiger partial charge in [-0.1, -0.05) is 75.4 Å². The van der Waals surface area contributed by atoms with Crippen LogP contribution in [0.4, 0.5) is 0 Å². The van der Waals surface area contributed by atoms with E-state index in [-0.39, 0.29) is 10.8 Å². The van der Waals surface area contributed by atoms with Gasteiger partial charge in [-0.2, -0.15) is 0 Å². The highest BCUT2D eigenvalue weighted by molar-refractivity contribution is 5.54. The van der Waals surface area contributed by atoms with Crippen LogP contribution in [-0.2, 0) is 5.41 Å². The zero-order valence-corrected chi connectivity index (χ0v) is 16.8. The Morgan fingerprint density at radius 1 is 0.519 bits per heavy atom. The predicted molar refractivity (Wildman–Crippen MR) is 112 cm³/mol. The van der Waals surface area contributed by atoms with Crippen molar-refractivity contribution in [1.29, 1.82) is 0 Å². The van der Waals surface area contributed by atoms with Crippen molar-refractivity contribution in [3.8, 4) is 11.5 Å². The van der Waals surface area contributed by atoms with Crippen molar-refractivity contribution in [3.05, 3.63) is 95.6 Å². The second kappa shape index (κ2) is 7.48. The van der Waals surface area contributed by atoms with Crippen molar-refractivity contribution in [2.75, 3.05) is 14.2 Å². The lowest BCUT2D eigenvalue weighted by atomic mass is 9.56. The largest absolute Gasteiger partial charge is 0.497 e. The van der Waals surface area contributed by atoms with Crippen molar-refractivity contribution in [2.24, 2.45) is 5.41 Å². The first-order chi connectivity index (χ1) is 12.9. The van der Waals surface area contributed by atoms with Gasteiger partial charge in [0.05, 0.1) is 14.2 Å². The van der Waals surface area contributed by atoms with Gasteiger partial charge in [0.1, 0.15) is 11.5 Å². The minimum Gasteiger partial charge on any atom is -0.497 e. The topological polar surface area (TPSA) is 18.5 Å². The summed E-state index contributed by atoms with van der Waals surface area (Å²) in [5.41, 5.74) is 3.37. The smallest absolute Gasteiger partial charge is 0.118 e. The van der Waals surface area contributed by atoms with E-state index in [1.807, 2.05) is 24.3 Å². The molecule has 0 spiro atoms. The molecule has 0 atom stereocenters. The Kier molecular flexibility index (Phi) is 5.27. The van der Waals surface area contributed by atoms with Crippen molar-refractivity contribution in [1.82, 2.24) is 0 Å². The molecule has 2 nitrogen and oxygen atoms in total. The fourth-order valence-electron chi connectivity index (χ4n) is 4.17. The third-order valence-corrected chi connectivity index (χ3v) is 5.38. The fraction of sp³-hybridized carbons (Fsp3) is 0.280. The molecule has 0 amide bonds. The number of hydrogen-bond acceptors (Lipinski definition) is 2. The summed E-state index contributed by atoms with van der Waals surface area (Å²) in [7, 11) is 3.40. The summed E-state index contributed by atoms with van der Waals surface area (Å²) in [6, 6.07) is 27.6. The van der Waals surface area contributed by atoms with Gasteiger partial charge < -0.3 is 9.47 Å². The van der Waals surface area contributed by atoms with Gasteiger partial charge in [0, 0.05) is 5.41 Å². The summed E-state index contributed by atoms with van der Waals surface area (Å²) in [4.78, 5) is 0. The minimum atomic E-state index is -0.313. The highest BCUT2D eigenvalue weighted by Crippen LogP contribution is 2.52. The average molecular weight is 360 g/mol. The van der Waals surface area contributed by atoms with Crippen LogP contribution in [0.25, 0.3) is 0 Å². The van der Waals surface area contributed by atoms with Crippen LogP contribution in [0.3, 0.4) is 0 Å². The second-order valence-electron chi connectivity index (χ2n) is 7.82. The molecule has 0 aliphatic rings. The monoisotopic (exact) mass is 360 g/mol. The Balaban J connectivity index is 2.34. The van der Waals surface area contributed by atoms with Gasteiger partial charge in [-0.25, -0.2) is 0 Å². The minimum absolute atomic E-state index is 0.0719. The van der Waals surface area contributed by atoms with Gasteiger partial charge in [0.25, 0.3) is 0 Å². The van der Waals surface area contributed by atoms with E-state index in [9.17, 15) is 0 Å². The fourth-order valence-corrected chi connectivity index (χ4v) is 4.17. The van der Waals surface area contributed by atoms with Crippen LogP contribution in [0.5, 0.6) is 11.5 Å². The molecule has 0 saturated heterocycles. The van der Waals surface area contributed by atoms with Crippen LogP contribution < -0.4 is 9.47 Å². The molecule has 0 heterocycles. The number of hydrogen-bond donors (Lipinski definition) is 0. The first-order valence-electron chi connectivity index (χ1n) is 9.28. The highest BCUT2D eigenvalue weighted by atomic mass is 16.5. The molecule has 0 fully saturated rings. The Hall–Kier alpha value is -2.74. The summed E-state index contributed by atoms with van der Waals surface area (Å²) in [5.74, 6) is 1.73. The summed E-state index contributed by atoms with van der Waals surface area (Å²) in [6.45, 7) is 6.90. The van der Waals surface area contributed by atoms with Crippen molar-refractivity contribution in [3.63, 3.8) is 0 Å². The van der Waals surface area contributed by atoms with Crippen molar-refractivity contribution < 1.29 is 9.47 Å².